The van der Waals surface area contributed by atoms with Crippen LogP contribution in [0.15, 0.2) is 0 Å². The van der Waals surface area contributed by atoms with Gasteiger partial charge in [0.1, 0.15) is 0 Å². The van der Waals surface area contributed by atoms with Gasteiger partial charge in [0, 0.05) is 12.6 Å². The largest absolute Gasteiger partial charge is 0.300 e. The zero-order valence-electron chi connectivity index (χ0n) is 6.52. The molecule has 1 N–H and O–H groups in total. The topological polar surface area (TPSA) is 15.3 Å². The van der Waals surface area contributed by atoms with Crippen molar-refractivity contribution in [1.29, 1.82) is 0 Å². The van der Waals surface area contributed by atoms with Crippen LogP contribution in [0.5, 0.6) is 0 Å². The first-order valence-electron chi connectivity index (χ1n) is 3.71. The molecule has 9 heavy (non-hydrogen) atoms. The number of nitrogens with one attached hydrogen (secondary N) is 1. The molecular formula is C7H16N2. The van der Waals surface area contributed by atoms with Crippen molar-refractivity contribution >= 4 is 0 Å². The molecule has 0 spiro atoms. The highest BCUT2D eigenvalue weighted by molar-refractivity contribution is 4.80. The fraction of sp³-hybridized carbons (Fsp3) is 1.00. The number of rotatable bonds is 1. The first-order valence-corrected chi connectivity index (χ1v) is 3.71. The predicted octanol–water partition coefficient (Wildman–Crippen LogP) is 0.646. The van der Waals surface area contributed by atoms with Gasteiger partial charge in [0.25, 0.3) is 0 Å². The Morgan fingerprint density at radius 3 is 2.56 bits per heavy atom. The minimum Gasteiger partial charge on any atom is -0.300 e. The highest BCUT2D eigenvalue weighted by atomic mass is 15.3. The Labute approximate surface area is 57.2 Å². The molecule has 0 aromatic rings. The van der Waals surface area contributed by atoms with E-state index in [0.717, 1.165) is 12.6 Å². The van der Waals surface area contributed by atoms with E-state index in [1.807, 2.05) is 0 Å². The van der Waals surface area contributed by atoms with E-state index in [4.69, 9.17) is 0 Å². The third-order valence-electron chi connectivity index (χ3n) is 2.31. The van der Waals surface area contributed by atoms with Crippen LogP contribution >= 0.6 is 0 Å². The van der Waals surface area contributed by atoms with Gasteiger partial charge in [-0.3, -0.25) is 4.90 Å². The van der Waals surface area contributed by atoms with Crippen molar-refractivity contribution < 1.29 is 0 Å². The smallest absolute Gasteiger partial charge is 0.0568 e. The van der Waals surface area contributed by atoms with Crippen molar-refractivity contribution in [1.82, 2.24) is 10.2 Å². The summed E-state index contributed by atoms with van der Waals surface area (Å²) in [5.74, 6) is 0. The molecule has 2 heteroatoms. The Morgan fingerprint density at radius 2 is 2.33 bits per heavy atom. The summed E-state index contributed by atoms with van der Waals surface area (Å²) in [7, 11) is 2.18. The Bertz CT molecular complexity index is 92.9. The molecule has 1 aliphatic rings. The molecule has 1 fully saturated rings. The Kier molecular flexibility index (Phi) is 2.09. The van der Waals surface area contributed by atoms with Crippen LogP contribution in [-0.4, -0.2) is 30.7 Å². The zero-order chi connectivity index (χ0) is 6.85. The summed E-state index contributed by atoms with van der Waals surface area (Å²) in [6, 6.07) is 0.764. The minimum atomic E-state index is 0.579. The van der Waals surface area contributed by atoms with E-state index >= 15 is 0 Å². The monoisotopic (exact) mass is 128 g/mol. The van der Waals surface area contributed by atoms with Gasteiger partial charge < -0.3 is 5.32 Å². The first-order chi connectivity index (χ1) is 4.25. The van der Waals surface area contributed by atoms with Crippen molar-refractivity contribution in [3.05, 3.63) is 0 Å². The zero-order valence-corrected chi connectivity index (χ0v) is 6.52. The summed E-state index contributed by atoms with van der Waals surface area (Å²) in [6.45, 7) is 5.60. The van der Waals surface area contributed by atoms with E-state index in [-0.39, 0.29) is 0 Å². The number of nitrogens with zero attached hydrogens (tertiary/aromatic N) is 1. The predicted molar refractivity (Wildman–Crippen MR) is 39.3 cm³/mol. The van der Waals surface area contributed by atoms with Crippen LogP contribution in [0.1, 0.15) is 20.3 Å². The van der Waals surface area contributed by atoms with Gasteiger partial charge in [0.05, 0.1) is 6.17 Å². The van der Waals surface area contributed by atoms with Gasteiger partial charge in [0.15, 0.2) is 0 Å². The molecule has 0 radical (unpaired) electrons. The molecule has 54 valence electrons. The molecule has 0 saturated carbocycles. The Hall–Kier alpha value is -0.0800. The highest BCUT2D eigenvalue weighted by Gasteiger charge is 2.24. The van der Waals surface area contributed by atoms with Gasteiger partial charge in [-0.25, -0.2) is 0 Å². The van der Waals surface area contributed by atoms with Crippen molar-refractivity contribution in [2.24, 2.45) is 0 Å². The molecule has 0 aromatic carbocycles. The summed E-state index contributed by atoms with van der Waals surface area (Å²) in [6.07, 6.45) is 1.84. The molecule has 1 saturated heterocycles. The average molecular weight is 128 g/mol. The second-order valence-corrected chi connectivity index (χ2v) is 2.81. The molecular weight excluding hydrogens is 112 g/mol. The van der Waals surface area contributed by atoms with Gasteiger partial charge >= 0.3 is 0 Å². The lowest BCUT2D eigenvalue weighted by Gasteiger charge is -2.20. The molecule has 0 bridgehead atoms. The van der Waals surface area contributed by atoms with Gasteiger partial charge in [0.2, 0.25) is 0 Å². The quantitative estimate of drug-likeness (QED) is 0.557. The normalized spacial score (nSPS) is 37.7. The van der Waals surface area contributed by atoms with E-state index in [1.165, 1.54) is 6.42 Å². The summed E-state index contributed by atoms with van der Waals surface area (Å²) in [5.41, 5.74) is 0. The average Bonchev–Trinajstić information content (AvgIpc) is 2.15. The lowest BCUT2D eigenvalue weighted by atomic mass is 10.2. The van der Waals surface area contributed by atoms with Crippen LogP contribution in [0.3, 0.4) is 0 Å². The van der Waals surface area contributed by atoms with Gasteiger partial charge in [-0.15, -0.1) is 0 Å². The Morgan fingerprint density at radius 1 is 1.67 bits per heavy atom. The molecule has 1 aliphatic heterocycles. The summed E-state index contributed by atoms with van der Waals surface area (Å²) >= 11 is 0. The van der Waals surface area contributed by atoms with E-state index in [2.05, 4.69) is 31.1 Å². The van der Waals surface area contributed by atoms with Crippen molar-refractivity contribution in [3.8, 4) is 0 Å². The van der Waals surface area contributed by atoms with Crippen LogP contribution in [0, 0.1) is 0 Å². The fourth-order valence-corrected chi connectivity index (χ4v) is 1.34. The highest BCUT2D eigenvalue weighted by Crippen LogP contribution is 2.09. The molecule has 1 heterocycles. The lowest BCUT2D eigenvalue weighted by molar-refractivity contribution is 0.245. The van der Waals surface area contributed by atoms with Crippen molar-refractivity contribution in [3.63, 3.8) is 0 Å². The lowest BCUT2D eigenvalue weighted by Crippen LogP contribution is -2.32. The molecule has 1 rings (SSSR count). The molecule has 2 unspecified atom stereocenters. The van der Waals surface area contributed by atoms with E-state index in [1.54, 1.807) is 0 Å². The van der Waals surface area contributed by atoms with Crippen LogP contribution < -0.4 is 5.32 Å². The third-order valence-corrected chi connectivity index (χ3v) is 2.31. The standard InChI is InChI=1S/C7H16N2/c1-4-7-5-8-6(2)9(7)3/h6-8H,4-5H2,1-3H3. The molecule has 0 aromatic heterocycles. The minimum absolute atomic E-state index is 0.579. The van der Waals surface area contributed by atoms with Crippen molar-refractivity contribution in [2.75, 3.05) is 13.6 Å². The van der Waals surface area contributed by atoms with Crippen LogP contribution in [0.4, 0.5) is 0 Å². The maximum atomic E-state index is 3.40. The number of hydrogen-bond acceptors (Lipinski definition) is 2. The van der Waals surface area contributed by atoms with E-state index in [9.17, 15) is 0 Å². The summed E-state index contributed by atoms with van der Waals surface area (Å²) in [5, 5.41) is 3.40. The van der Waals surface area contributed by atoms with Crippen LogP contribution in [0.2, 0.25) is 0 Å². The maximum absolute atomic E-state index is 3.40. The van der Waals surface area contributed by atoms with E-state index in [0.29, 0.717) is 6.17 Å². The summed E-state index contributed by atoms with van der Waals surface area (Å²) in [4.78, 5) is 2.39. The van der Waals surface area contributed by atoms with Gasteiger partial charge in [-0.1, -0.05) is 6.92 Å². The van der Waals surface area contributed by atoms with Crippen LogP contribution in [0.25, 0.3) is 0 Å². The van der Waals surface area contributed by atoms with E-state index < -0.39 is 0 Å². The van der Waals surface area contributed by atoms with Crippen LogP contribution in [-0.2, 0) is 0 Å². The maximum Gasteiger partial charge on any atom is 0.0568 e. The SMILES string of the molecule is CCC1CNC(C)N1C. The first kappa shape index (κ1) is 7.03. The number of likely N-dealkylation sites (N-methyl/N-ethyl adjacent to an activating group) is 1. The fourth-order valence-electron chi connectivity index (χ4n) is 1.34. The second-order valence-electron chi connectivity index (χ2n) is 2.81. The van der Waals surface area contributed by atoms with Gasteiger partial charge in [-0.05, 0) is 20.4 Å². The van der Waals surface area contributed by atoms with Gasteiger partial charge in [-0.2, -0.15) is 0 Å². The number of hydrogen-bond donors (Lipinski definition) is 1. The molecule has 0 amide bonds. The molecule has 2 atom stereocenters. The summed E-state index contributed by atoms with van der Waals surface area (Å²) < 4.78 is 0. The Balaban J connectivity index is 2.41. The molecule has 0 aliphatic carbocycles. The molecule has 2 nitrogen and oxygen atoms in total. The second kappa shape index (κ2) is 2.67. The third kappa shape index (κ3) is 1.25. The van der Waals surface area contributed by atoms with Crippen molar-refractivity contribution in [2.45, 2.75) is 32.5 Å².